The number of nitrogens with zero attached hydrogens (tertiary/aromatic N) is 2. The van der Waals surface area contributed by atoms with E-state index in [0.717, 1.165) is 6.42 Å². The van der Waals surface area contributed by atoms with Crippen LogP contribution in [0.3, 0.4) is 0 Å². The molecule has 0 saturated heterocycles. The second kappa shape index (κ2) is 4.94. The molecular weight excluding hydrogens is 170 g/mol. The molecule has 0 aliphatic heterocycles. The number of aromatic nitrogens is 2. The van der Waals surface area contributed by atoms with Crippen LogP contribution in [-0.4, -0.2) is 23.9 Å². The topological polar surface area (TPSA) is 74.2 Å². The monoisotopic (exact) mass is 185 g/mol. The molecule has 0 aliphatic rings. The maximum Gasteiger partial charge on any atom is 0.243 e. The SMILES string of the molecule is CCc1noc(C(N)CCOC)n1. The number of methoxy groups -OCH3 is 1. The Morgan fingerprint density at radius 2 is 2.38 bits per heavy atom. The van der Waals surface area contributed by atoms with E-state index < -0.39 is 0 Å². The lowest BCUT2D eigenvalue weighted by atomic mass is 10.2. The van der Waals surface area contributed by atoms with E-state index in [-0.39, 0.29) is 6.04 Å². The van der Waals surface area contributed by atoms with Crippen molar-refractivity contribution in [2.24, 2.45) is 5.73 Å². The Kier molecular flexibility index (Phi) is 3.85. The van der Waals surface area contributed by atoms with Crippen molar-refractivity contribution < 1.29 is 9.26 Å². The summed E-state index contributed by atoms with van der Waals surface area (Å²) in [5, 5.41) is 3.76. The van der Waals surface area contributed by atoms with Gasteiger partial charge in [-0.15, -0.1) is 0 Å². The van der Waals surface area contributed by atoms with Crippen LogP contribution >= 0.6 is 0 Å². The van der Waals surface area contributed by atoms with E-state index in [4.69, 9.17) is 15.0 Å². The summed E-state index contributed by atoms with van der Waals surface area (Å²) >= 11 is 0. The minimum atomic E-state index is -0.215. The summed E-state index contributed by atoms with van der Waals surface area (Å²) < 4.78 is 9.87. The quantitative estimate of drug-likeness (QED) is 0.729. The van der Waals surface area contributed by atoms with Crippen molar-refractivity contribution >= 4 is 0 Å². The molecule has 0 aliphatic carbocycles. The molecule has 1 atom stereocenters. The van der Waals surface area contributed by atoms with Crippen molar-refractivity contribution in [2.45, 2.75) is 25.8 Å². The van der Waals surface area contributed by atoms with Gasteiger partial charge in [0.15, 0.2) is 5.82 Å². The predicted octanol–water partition coefficient (Wildman–Crippen LogP) is 0.668. The third-order valence-electron chi connectivity index (χ3n) is 1.75. The molecule has 2 N–H and O–H groups in total. The molecule has 0 saturated carbocycles. The largest absolute Gasteiger partial charge is 0.385 e. The van der Waals surface area contributed by atoms with E-state index in [1.165, 1.54) is 0 Å². The van der Waals surface area contributed by atoms with Gasteiger partial charge < -0.3 is 15.0 Å². The molecule has 1 heterocycles. The van der Waals surface area contributed by atoms with Crippen LogP contribution in [0.25, 0.3) is 0 Å². The summed E-state index contributed by atoms with van der Waals surface area (Å²) in [5.74, 6) is 1.19. The zero-order chi connectivity index (χ0) is 9.68. The Hall–Kier alpha value is -0.940. The Labute approximate surface area is 77.3 Å². The zero-order valence-electron chi connectivity index (χ0n) is 7.99. The van der Waals surface area contributed by atoms with Gasteiger partial charge in [-0.25, -0.2) is 0 Å². The molecule has 0 aromatic carbocycles. The lowest BCUT2D eigenvalue weighted by molar-refractivity contribution is 0.182. The molecule has 0 radical (unpaired) electrons. The molecule has 0 fully saturated rings. The molecule has 5 nitrogen and oxygen atoms in total. The van der Waals surface area contributed by atoms with E-state index in [0.29, 0.717) is 24.7 Å². The van der Waals surface area contributed by atoms with Gasteiger partial charge in [0.05, 0.1) is 6.04 Å². The number of hydrogen-bond acceptors (Lipinski definition) is 5. The number of ether oxygens (including phenoxy) is 1. The highest BCUT2D eigenvalue weighted by atomic mass is 16.5. The molecule has 1 aromatic heterocycles. The summed E-state index contributed by atoms with van der Waals surface area (Å²) in [6.45, 7) is 2.57. The number of aryl methyl sites for hydroxylation is 1. The van der Waals surface area contributed by atoms with Crippen molar-refractivity contribution in [2.75, 3.05) is 13.7 Å². The predicted molar refractivity (Wildman–Crippen MR) is 47.1 cm³/mol. The van der Waals surface area contributed by atoms with Crippen molar-refractivity contribution in [3.63, 3.8) is 0 Å². The van der Waals surface area contributed by atoms with Gasteiger partial charge >= 0.3 is 0 Å². The van der Waals surface area contributed by atoms with Gasteiger partial charge in [-0.2, -0.15) is 4.98 Å². The molecule has 0 spiro atoms. The van der Waals surface area contributed by atoms with Gasteiger partial charge in [0, 0.05) is 20.1 Å². The Balaban J connectivity index is 2.50. The zero-order valence-corrected chi connectivity index (χ0v) is 7.99. The average molecular weight is 185 g/mol. The Bertz CT molecular complexity index is 249. The van der Waals surface area contributed by atoms with Crippen LogP contribution in [0.1, 0.15) is 31.1 Å². The van der Waals surface area contributed by atoms with E-state index in [1.807, 2.05) is 6.92 Å². The average Bonchev–Trinajstić information content (AvgIpc) is 2.62. The lowest BCUT2D eigenvalue weighted by Crippen LogP contribution is -2.13. The summed E-state index contributed by atoms with van der Waals surface area (Å²) in [6.07, 6.45) is 1.46. The number of rotatable bonds is 5. The maximum absolute atomic E-state index is 5.77. The van der Waals surface area contributed by atoms with Crippen LogP contribution < -0.4 is 5.73 Å². The molecule has 74 valence electrons. The highest BCUT2D eigenvalue weighted by Crippen LogP contribution is 2.11. The molecule has 1 unspecified atom stereocenters. The molecular formula is C8H15N3O2. The normalized spacial score (nSPS) is 13.2. The smallest absolute Gasteiger partial charge is 0.243 e. The van der Waals surface area contributed by atoms with Crippen molar-refractivity contribution in [3.8, 4) is 0 Å². The first-order valence-electron chi connectivity index (χ1n) is 4.35. The summed E-state index contributed by atoms with van der Waals surface area (Å²) in [4.78, 5) is 4.12. The highest BCUT2D eigenvalue weighted by Gasteiger charge is 2.13. The molecule has 0 amide bonds. The van der Waals surface area contributed by atoms with Crippen LogP contribution in [0.4, 0.5) is 0 Å². The maximum atomic E-state index is 5.77. The van der Waals surface area contributed by atoms with Gasteiger partial charge in [0.1, 0.15) is 0 Å². The van der Waals surface area contributed by atoms with Crippen molar-refractivity contribution in [3.05, 3.63) is 11.7 Å². The third kappa shape index (κ3) is 2.78. The Morgan fingerprint density at radius 1 is 1.62 bits per heavy atom. The molecule has 13 heavy (non-hydrogen) atoms. The first kappa shape index (κ1) is 10.1. The third-order valence-corrected chi connectivity index (χ3v) is 1.75. The molecule has 0 bridgehead atoms. The van der Waals surface area contributed by atoms with E-state index in [9.17, 15) is 0 Å². The van der Waals surface area contributed by atoms with E-state index >= 15 is 0 Å². The Morgan fingerprint density at radius 3 is 2.92 bits per heavy atom. The fourth-order valence-electron chi connectivity index (χ4n) is 0.930. The van der Waals surface area contributed by atoms with Crippen LogP contribution in [0.2, 0.25) is 0 Å². The van der Waals surface area contributed by atoms with Gasteiger partial charge in [0.25, 0.3) is 0 Å². The summed E-state index contributed by atoms with van der Waals surface area (Å²) in [5.41, 5.74) is 5.77. The van der Waals surface area contributed by atoms with Gasteiger partial charge in [-0.05, 0) is 6.42 Å². The molecule has 1 rings (SSSR count). The summed E-state index contributed by atoms with van der Waals surface area (Å²) in [6, 6.07) is -0.215. The number of hydrogen-bond donors (Lipinski definition) is 1. The number of nitrogens with two attached hydrogens (primary N) is 1. The van der Waals surface area contributed by atoms with E-state index in [1.54, 1.807) is 7.11 Å². The highest BCUT2D eigenvalue weighted by molar-refractivity contribution is 4.91. The second-order valence-electron chi connectivity index (χ2n) is 2.79. The van der Waals surface area contributed by atoms with Gasteiger partial charge in [0.2, 0.25) is 5.89 Å². The fraction of sp³-hybridized carbons (Fsp3) is 0.750. The van der Waals surface area contributed by atoms with Gasteiger partial charge in [-0.1, -0.05) is 12.1 Å². The lowest BCUT2D eigenvalue weighted by Gasteiger charge is -2.03. The minimum Gasteiger partial charge on any atom is -0.385 e. The minimum absolute atomic E-state index is 0.215. The van der Waals surface area contributed by atoms with Gasteiger partial charge in [-0.3, -0.25) is 0 Å². The van der Waals surface area contributed by atoms with Crippen LogP contribution in [0.15, 0.2) is 4.52 Å². The fourth-order valence-corrected chi connectivity index (χ4v) is 0.930. The summed E-state index contributed by atoms with van der Waals surface area (Å²) in [7, 11) is 1.64. The molecule has 5 heteroatoms. The van der Waals surface area contributed by atoms with Crippen LogP contribution in [-0.2, 0) is 11.2 Å². The molecule has 1 aromatic rings. The van der Waals surface area contributed by atoms with Crippen LogP contribution in [0.5, 0.6) is 0 Å². The first-order valence-corrected chi connectivity index (χ1v) is 4.35. The second-order valence-corrected chi connectivity index (χ2v) is 2.79. The van der Waals surface area contributed by atoms with Crippen LogP contribution in [0, 0.1) is 0 Å². The van der Waals surface area contributed by atoms with Crippen molar-refractivity contribution in [1.29, 1.82) is 0 Å². The standard InChI is InChI=1S/C8H15N3O2/c1-3-7-10-8(13-11-7)6(9)4-5-12-2/h6H,3-5,9H2,1-2H3. The van der Waals surface area contributed by atoms with E-state index in [2.05, 4.69) is 10.1 Å². The first-order chi connectivity index (χ1) is 6.27. The van der Waals surface area contributed by atoms with Crippen molar-refractivity contribution in [1.82, 2.24) is 10.1 Å².